The second-order valence-electron chi connectivity index (χ2n) is 5.40. The predicted molar refractivity (Wildman–Crippen MR) is 53.1 cm³/mol. The van der Waals surface area contributed by atoms with Crippen LogP contribution >= 0.6 is 0 Å². The van der Waals surface area contributed by atoms with E-state index in [4.69, 9.17) is 0 Å². The first-order valence-corrected chi connectivity index (χ1v) is 5.73. The van der Waals surface area contributed by atoms with E-state index >= 15 is 0 Å². The van der Waals surface area contributed by atoms with Crippen molar-refractivity contribution >= 4 is 0 Å². The van der Waals surface area contributed by atoms with E-state index in [0.29, 0.717) is 0 Å². The van der Waals surface area contributed by atoms with Crippen LogP contribution in [-0.4, -0.2) is 0 Å². The smallest absolute Gasteiger partial charge is 0.0323 e. The molecule has 0 N–H and O–H groups in total. The molecule has 2 aliphatic rings. The van der Waals surface area contributed by atoms with Crippen molar-refractivity contribution in [1.29, 1.82) is 0 Å². The van der Waals surface area contributed by atoms with Gasteiger partial charge in [0.15, 0.2) is 0 Å². The van der Waals surface area contributed by atoms with E-state index in [1.807, 2.05) is 0 Å². The van der Waals surface area contributed by atoms with Crippen LogP contribution in [0.4, 0.5) is 0 Å². The minimum Gasteiger partial charge on any atom is -0.0654 e. The molecule has 0 amide bonds. The minimum atomic E-state index is 0.732. The molecule has 0 aromatic heterocycles. The van der Waals surface area contributed by atoms with Crippen LogP contribution in [-0.2, 0) is 0 Å². The summed E-state index contributed by atoms with van der Waals surface area (Å²) in [6.45, 7) is 4.85. The van der Waals surface area contributed by atoms with Gasteiger partial charge in [0.25, 0.3) is 0 Å². The lowest BCUT2D eigenvalue weighted by atomic mass is 9.57. The van der Waals surface area contributed by atoms with Gasteiger partial charge in [-0.2, -0.15) is 0 Å². The summed E-state index contributed by atoms with van der Waals surface area (Å²) >= 11 is 0. The molecule has 2 fully saturated rings. The number of hydrogen-bond acceptors (Lipinski definition) is 0. The zero-order valence-corrected chi connectivity index (χ0v) is 8.60. The Bertz CT molecular complexity index is 161. The molecule has 12 heavy (non-hydrogen) atoms. The predicted octanol–water partition coefficient (Wildman–Crippen LogP) is 4.00. The van der Waals surface area contributed by atoms with Gasteiger partial charge < -0.3 is 0 Å². The average molecular weight is 166 g/mol. The van der Waals surface area contributed by atoms with Crippen molar-refractivity contribution in [2.45, 2.75) is 58.8 Å². The molecule has 0 saturated heterocycles. The van der Waals surface area contributed by atoms with E-state index in [0.717, 1.165) is 17.3 Å². The van der Waals surface area contributed by atoms with E-state index in [-0.39, 0.29) is 0 Å². The van der Waals surface area contributed by atoms with Gasteiger partial charge in [-0.15, -0.1) is 0 Å². The van der Waals surface area contributed by atoms with Gasteiger partial charge in [-0.25, -0.2) is 0 Å². The van der Waals surface area contributed by atoms with Crippen molar-refractivity contribution in [1.82, 2.24) is 0 Å². The third kappa shape index (κ3) is 1.41. The summed E-state index contributed by atoms with van der Waals surface area (Å²) in [6, 6.07) is 0. The standard InChI is InChI=1S/C12H22/c1-3-7-12(2)8-6-10-4-5-11(10)9-12/h10-11H,3-9H2,1-2H3. The van der Waals surface area contributed by atoms with Crippen molar-refractivity contribution in [2.24, 2.45) is 17.3 Å². The summed E-state index contributed by atoms with van der Waals surface area (Å²) < 4.78 is 0. The first kappa shape index (κ1) is 8.59. The van der Waals surface area contributed by atoms with Crippen molar-refractivity contribution < 1.29 is 0 Å². The SMILES string of the molecule is CCCC1(C)CCC2CCC2C1. The Hall–Kier alpha value is 0. The molecule has 0 aromatic carbocycles. The van der Waals surface area contributed by atoms with Gasteiger partial charge in [-0.1, -0.05) is 20.3 Å². The molecule has 0 aliphatic heterocycles. The number of hydrogen-bond donors (Lipinski definition) is 0. The maximum atomic E-state index is 2.52. The molecule has 3 unspecified atom stereocenters. The summed E-state index contributed by atoms with van der Waals surface area (Å²) in [7, 11) is 0. The molecule has 0 heteroatoms. The fourth-order valence-electron chi connectivity index (χ4n) is 3.39. The van der Waals surface area contributed by atoms with Crippen LogP contribution in [0, 0.1) is 17.3 Å². The first-order chi connectivity index (χ1) is 5.73. The van der Waals surface area contributed by atoms with Crippen LogP contribution in [0.1, 0.15) is 58.8 Å². The molecule has 70 valence electrons. The quantitative estimate of drug-likeness (QED) is 0.581. The van der Waals surface area contributed by atoms with Gasteiger partial charge in [0.2, 0.25) is 0 Å². The molecule has 0 aromatic rings. The lowest BCUT2D eigenvalue weighted by molar-refractivity contribution is 0.0257. The summed E-state index contributed by atoms with van der Waals surface area (Å²) in [6.07, 6.45) is 10.6. The van der Waals surface area contributed by atoms with Gasteiger partial charge in [0.1, 0.15) is 0 Å². The summed E-state index contributed by atoms with van der Waals surface area (Å²) in [4.78, 5) is 0. The van der Waals surface area contributed by atoms with Crippen LogP contribution in [0.15, 0.2) is 0 Å². The van der Waals surface area contributed by atoms with E-state index in [9.17, 15) is 0 Å². The molecule has 0 spiro atoms. The van der Waals surface area contributed by atoms with E-state index in [2.05, 4.69) is 13.8 Å². The Morgan fingerprint density at radius 2 is 1.92 bits per heavy atom. The number of fused-ring (bicyclic) bond motifs is 1. The zero-order chi connectivity index (χ0) is 8.60. The summed E-state index contributed by atoms with van der Waals surface area (Å²) in [5, 5.41) is 0. The van der Waals surface area contributed by atoms with Crippen molar-refractivity contribution in [3.8, 4) is 0 Å². The Morgan fingerprint density at radius 1 is 1.17 bits per heavy atom. The second kappa shape index (κ2) is 3.05. The number of rotatable bonds is 2. The van der Waals surface area contributed by atoms with Crippen LogP contribution in [0.25, 0.3) is 0 Å². The Balaban J connectivity index is 1.91. The normalized spacial score (nSPS) is 46.5. The summed E-state index contributed by atoms with van der Waals surface area (Å²) in [5.41, 5.74) is 0.732. The lowest BCUT2D eigenvalue weighted by Crippen LogP contribution is -2.37. The van der Waals surface area contributed by atoms with Crippen molar-refractivity contribution in [3.05, 3.63) is 0 Å². The monoisotopic (exact) mass is 166 g/mol. The highest BCUT2D eigenvalue weighted by Gasteiger charge is 2.41. The van der Waals surface area contributed by atoms with Crippen LogP contribution in [0.3, 0.4) is 0 Å². The maximum Gasteiger partial charge on any atom is -0.0323 e. The van der Waals surface area contributed by atoms with Crippen LogP contribution < -0.4 is 0 Å². The fraction of sp³-hybridized carbons (Fsp3) is 1.00. The van der Waals surface area contributed by atoms with Gasteiger partial charge >= 0.3 is 0 Å². The molecule has 3 atom stereocenters. The largest absolute Gasteiger partial charge is 0.0654 e. The second-order valence-corrected chi connectivity index (χ2v) is 5.40. The third-order valence-electron chi connectivity index (χ3n) is 4.30. The molecular formula is C12H22. The molecular weight excluding hydrogens is 144 g/mol. The van der Waals surface area contributed by atoms with Gasteiger partial charge in [-0.3, -0.25) is 0 Å². The molecule has 0 bridgehead atoms. The van der Waals surface area contributed by atoms with Crippen LogP contribution in [0.5, 0.6) is 0 Å². The molecule has 2 aliphatic carbocycles. The molecule has 0 nitrogen and oxygen atoms in total. The maximum absolute atomic E-state index is 2.52. The van der Waals surface area contributed by atoms with Gasteiger partial charge in [0, 0.05) is 0 Å². The summed E-state index contributed by atoms with van der Waals surface area (Å²) in [5.74, 6) is 2.28. The third-order valence-corrected chi connectivity index (χ3v) is 4.30. The molecule has 2 rings (SSSR count). The first-order valence-electron chi connectivity index (χ1n) is 5.73. The van der Waals surface area contributed by atoms with Gasteiger partial charge in [-0.05, 0) is 55.8 Å². The van der Waals surface area contributed by atoms with Crippen molar-refractivity contribution in [3.63, 3.8) is 0 Å². The average Bonchev–Trinajstić information content (AvgIpc) is 1.97. The Labute approximate surface area is 76.7 Å². The van der Waals surface area contributed by atoms with Crippen LogP contribution in [0.2, 0.25) is 0 Å². The highest BCUT2D eigenvalue weighted by atomic mass is 14.5. The Kier molecular flexibility index (Phi) is 2.18. The molecule has 2 saturated carbocycles. The zero-order valence-electron chi connectivity index (χ0n) is 8.60. The minimum absolute atomic E-state index is 0.732. The lowest BCUT2D eigenvalue weighted by Gasteiger charge is -2.49. The van der Waals surface area contributed by atoms with Gasteiger partial charge in [0.05, 0.1) is 0 Å². The van der Waals surface area contributed by atoms with E-state index in [1.165, 1.54) is 19.3 Å². The highest BCUT2D eigenvalue weighted by molar-refractivity contribution is 4.92. The molecule has 0 radical (unpaired) electrons. The Morgan fingerprint density at radius 3 is 2.42 bits per heavy atom. The van der Waals surface area contributed by atoms with E-state index < -0.39 is 0 Å². The van der Waals surface area contributed by atoms with Crippen molar-refractivity contribution in [2.75, 3.05) is 0 Å². The topological polar surface area (TPSA) is 0 Å². The van der Waals surface area contributed by atoms with E-state index in [1.54, 1.807) is 25.7 Å². The fourth-order valence-corrected chi connectivity index (χ4v) is 3.39. The highest BCUT2D eigenvalue weighted by Crippen LogP contribution is 2.53. The molecule has 0 heterocycles.